The quantitative estimate of drug-likeness (QED) is 0.243. The van der Waals surface area contributed by atoms with Gasteiger partial charge < -0.3 is 15.0 Å². The Hall–Kier alpha value is -3.19. The second kappa shape index (κ2) is 11.1. The first-order valence-corrected chi connectivity index (χ1v) is 11.6. The second-order valence-corrected chi connectivity index (χ2v) is 8.56. The lowest BCUT2D eigenvalue weighted by Crippen LogP contribution is -2.47. The second-order valence-electron chi connectivity index (χ2n) is 8.17. The van der Waals surface area contributed by atoms with Gasteiger partial charge >= 0.3 is 0 Å². The van der Waals surface area contributed by atoms with Crippen LogP contribution in [0.5, 0.6) is 5.75 Å². The predicted molar refractivity (Wildman–Crippen MR) is 137 cm³/mol. The highest BCUT2D eigenvalue weighted by Gasteiger charge is 2.43. The third-order valence-electron chi connectivity index (χ3n) is 5.57. The van der Waals surface area contributed by atoms with Crippen molar-refractivity contribution in [2.24, 2.45) is 0 Å². The first kappa shape index (κ1) is 24.5. The van der Waals surface area contributed by atoms with Crippen molar-refractivity contribution in [3.05, 3.63) is 66.2 Å². The van der Waals surface area contributed by atoms with Gasteiger partial charge in [-0.3, -0.25) is 9.59 Å². The third-order valence-corrected chi connectivity index (χ3v) is 5.91. The first-order valence-electron chi connectivity index (χ1n) is 11.2. The highest BCUT2D eigenvalue weighted by molar-refractivity contribution is 7.80. The molecule has 0 unspecified atom stereocenters. The number of anilines is 2. The summed E-state index contributed by atoms with van der Waals surface area (Å²) in [5.41, 5.74) is 3.60. The number of carbonyl (C=O) groups excluding carboxylic acids is 2. The Morgan fingerprint density at radius 1 is 1.24 bits per heavy atom. The van der Waals surface area contributed by atoms with Crippen LogP contribution in [0.2, 0.25) is 0 Å². The van der Waals surface area contributed by atoms with Gasteiger partial charge in [0.25, 0.3) is 5.91 Å². The number of ether oxygens (including phenoxy) is 1. The van der Waals surface area contributed by atoms with Crippen LogP contribution in [-0.4, -0.2) is 41.0 Å². The molecule has 1 saturated heterocycles. The standard InChI is InChI=1S/C26H31N3O3S/c1-5-7-15-32-21-11-9-20(10-12-21)29-24(30)17-23(25(29)31)28(14-6-2)26(33)27-22-13-8-18(3)16-19(22)4/h6,8-13,16,23H,2,5,7,14-15,17H2,1,3-4H3,(H,27,33)/t23-/m1/s1. The Morgan fingerprint density at radius 2 is 1.97 bits per heavy atom. The van der Waals surface area contributed by atoms with Gasteiger partial charge in [0.1, 0.15) is 11.8 Å². The van der Waals surface area contributed by atoms with Crippen molar-refractivity contribution in [3.8, 4) is 5.75 Å². The molecular formula is C26H31N3O3S. The molecule has 1 fully saturated rings. The summed E-state index contributed by atoms with van der Waals surface area (Å²) in [6.07, 6.45) is 3.76. The molecule has 1 atom stereocenters. The van der Waals surface area contributed by atoms with Gasteiger partial charge in [-0.05, 0) is 68.4 Å². The van der Waals surface area contributed by atoms with Gasteiger partial charge in [0.15, 0.2) is 5.11 Å². The fourth-order valence-electron chi connectivity index (χ4n) is 3.79. The van der Waals surface area contributed by atoms with E-state index < -0.39 is 6.04 Å². The van der Waals surface area contributed by atoms with Crippen LogP contribution in [0.3, 0.4) is 0 Å². The maximum Gasteiger partial charge on any atom is 0.257 e. The van der Waals surface area contributed by atoms with Crippen molar-refractivity contribution in [1.82, 2.24) is 4.90 Å². The van der Waals surface area contributed by atoms with E-state index in [2.05, 4.69) is 24.9 Å². The number of hydrogen-bond donors (Lipinski definition) is 1. The number of unbranched alkanes of at least 4 members (excludes halogenated alkanes) is 1. The van der Waals surface area contributed by atoms with Gasteiger partial charge in [0, 0.05) is 12.2 Å². The third kappa shape index (κ3) is 5.79. The number of nitrogens with one attached hydrogen (secondary N) is 1. The van der Waals surface area contributed by atoms with Crippen molar-refractivity contribution in [1.29, 1.82) is 0 Å². The molecule has 174 valence electrons. The van der Waals surface area contributed by atoms with Gasteiger partial charge in [0.05, 0.1) is 18.7 Å². The van der Waals surface area contributed by atoms with E-state index in [1.54, 1.807) is 35.2 Å². The lowest BCUT2D eigenvalue weighted by molar-refractivity contribution is -0.122. The molecule has 2 aromatic rings. The Bertz CT molecular complexity index is 1040. The number of aryl methyl sites for hydroxylation is 2. The normalized spacial score (nSPS) is 15.5. The molecular weight excluding hydrogens is 434 g/mol. The molecule has 6 nitrogen and oxygen atoms in total. The molecule has 33 heavy (non-hydrogen) atoms. The van der Waals surface area contributed by atoms with E-state index in [9.17, 15) is 9.59 Å². The van der Waals surface area contributed by atoms with E-state index in [1.165, 1.54) is 4.90 Å². The smallest absolute Gasteiger partial charge is 0.257 e. The molecule has 3 rings (SSSR count). The monoisotopic (exact) mass is 465 g/mol. The van der Waals surface area contributed by atoms with Crippen LogP contribution in [0.1, 0.15) is 37.3 Å². The number of benzene rings is 2. The minimum Gasteiger partial charge on any atom is -0.494 e. The fourth-order valence-corrected chi connectivity index (χ4v) is 4.10. The molecule has 0 spiro atoms. The van der Waals surface area contributed by atoms with Crippen LogP contribution in [-0.2, 0) is 9.59 Å². The van der Waals surface area contributed by atoms with E-state index in [0.29, 0.717) is 24.0 Å². The average molecular weight is 466 g/mol. The largest absolute Gasteiger partial charge is 0.494 e. The summed E-state index contributed by atoms with van der Waals surface area (Å²) in [6.45, 7) is 10.9. The molecule has 2 amide bonds. The van der Waals surface area contributed by atoms with Crippen LogP contribution < -0.4 is 15.0 Å². The molecule has 0 radical (unpaired) electrons. The number of imide groups is 1. The van der Waals surface area contributed by atoms with Gasteiger partial charge in [-0.25, -0.2) is 4.90 Å². The first-order chi connectivity index (χ1) is 15.8. The zero-order valence-electron chi connectivity index (χ0n) is 19.5. The van der Waals surface area contributed by atoms with Crippen LogP contribution >= 0.6 is 12.2 Å². The molecule has 1 aliphatic heterocycles. The summed E-state index contributed by atoms with van der Waals surface area (Å²) < 4.78 is 5.68. The summed E-state index contributed by atoms with van der Waals surface area (Å²) in [6, 6.07) is 12.4. The Labute approximate surface area is 201 Å². The lowest BCUT2D eigenvalue weighted by atomic mass is 10.1. The van der Waals surface area contributed by atoms with Crippen LogP contribution in [0.15, 0.2) is 55.1 Å². The van der Waals surface area contributed by atoms with E-state index in [1.807, 2.05) is 26.0 Å². The molecule has 0 saturated carbocycles. The summed E-state index contributed by atoms with van der Waals surface area (Å²) in [4.78, 5) is 29.1. The number of carbonyl (C=O) groups is 2. The lowest BCUT2D eigenvalue weighted by Gasteiger charge is -2.29. The zero-order valence-corrected chi connectivity index (χ0v) is 20.3. The number of nitrogens with zero attached hydrogens (tertiary/aromatic N) is 2. The number of thiocarbonyl (C=S) groups is 1. The SMILES string of the molecule is C=CCN(C(=S)Nc1ccc(C)cc1C)[C@@H]1CC(=O)N(c2ccc(OCCCC)cc2)C1=O. The summed E-state index contributed by atoms with van der Waals surface area (Å²) >= 11 is 5.63. The Kier molecular flexibility index (Phi) is 8.22. The fraction of sp³-hybridized carbons (Fsp3) is 0.346. The molecule has 0 aromatic heterocycles. The van der Waals surface area contributed by atoms with E-state index in [0.717, 1.165) is 35.4 Å². The molecule has 0 aliphatic carbocycles. The van der Waals surface area contributed by atoms with Gasteiger partial charge in [-0.15, -0.1) is 6.58 Å². The van der Waals surface area contributed by atoms with E-state index in [4.69, 9.17) is 17.0 Å². The Balaban J connectivity index is 1.75. The minimum atomic E-state index is -0.693. The number of rotatable bonds is 9. The van der Waals surface area contributed by atoms with Crippen LogP contribution in [0.4, 0.5) is 11.4 Å². The van der Waals surface area contributed by atoms with Crippen LogP contribution in [0, 0.1) is 13.8 Å². The van der Waals surface area contributed by atoms with Gasteiger partial charge in [0.2, 0.25) is 5.91 Å². The highest BCUT2D eigenvalue weighted by Crippen LogP contribution is 2.28. The molecule has 0 bridgehead atoms. The predicted octanol–water partition coefficient (Wildman–Crippen LogP) is 5.00. The Morgan fingerprint density at radius 3 is 2.61 bits per heavy atom. The number of hydrogen-bond acceptors (Lipinski definition) is 4. The van der Waals surface area contributed by atoms with Crippen molar-refractivity contribution in [2.45, 2.75) is 46.1 Å². The number of amides is 2. The van der Waals surface area contributed by atoms with Crippen molar-refractivity contribution < 1.29 is 14.3 Å². The molecule has 1 aliphatic rings. The maximum absolute atomic E-state index is 13.3. The summed E-state index contributed by atoms with van der Waals surface area (Å²) in [5.74, 6) is 0.161. The zero-order chi connectivity index (χ0) is 24.0. The van der Waals surface area contributed by atoms with Crippen LogP contribution in [0.25, 0.3) is 0 Å². The maximum atomic E-state index is 13.3. The highest BCUT2D eigenvalue weighted by atomic mass is 32.1. The van der Waals surface area contributed by atoms with Crippen molar-refractivity contribution in [2.75, 3.05) is 23.4 Å². The topological polar surface area (TPSA) is 61.9 Å². The van der Waals surface area contributed by atoms with Gasteiger partial charge in [-0.2, -0.15) is 0 Å². The minimum absolute atomic E-state index is 0.0517. The van der Waals surface area contributed by atoms with Crippen molar-refractivity contribution >= 4 is 40.5 Å². The summed E-state index contributed by atoms with van der Waals surface area (Å²) in [5, 5.41) is 3.62. The average Bonchev–Trinajstić information content (AvgIpc) is 3.08. The van der Waals surface area contributed by atoms with Crippen molar-refractivity contribution in [3.63, 3.8) is 0 Å². The summed E-state index contributed by atoms with van der Waals surface area (Å²) in [7, 11) is 0. The molecule has 1 N–H and O–H groups in total. The van der Waals surface area contributed by atoms with Gasteiger partial charge in [-0.1, -0.05) is 37.1 Å². The van der Waals surface area contributed by atoms with E-state index >= 15 is 0 Å². The molecule has 2 aromatic carbocycles. The van der Waals surface area contributed by atoms with E-state index in [-0.39, 0.29) is 18.2 Å². The molecule has 7 heteroatoms. The molecule has 1 heterocycles.